The van der Waals surface area contributed by atoms with Crippen molar-refractivity contribution >= 4 is 62.6 Å². The monoisotopic (exact) mass is 422 g/mol. The zero-order chi connectivity index (χ0) is 14.9. The molecule has 0 aliphatic rings. The molecule has 0 bridgehead atoms. The zero-order valence-electron chi connectivity index (χ0n) is 10.1. The minimum Gasteiger partial charge on any atom is -0.478 e. The first-order chi connectivity index (χ1) is 9.40. The molecule has 0 atom stereocenters. The summed E-state index contributed by atoms with van der Waals surface area (Å²) in [6.07, 6.45) is 0. The first kappa shape index (κ1) is 15.2. The first-order valence-corrected chi connectivity index (χ1v) is 7.59. The summed E-state index contributed by atoms with van der Waals surface area (Å²) in [5.41, 5.74) is 0.746. The molecule has 8 heteroatoms. The lowest BCUT2D eigenvalue weighted by atomic mass is 10.2. The number of hydrogen-bond donors (Lipinski definition) is 2. The van der Waals surface area contributed by atoms with Gasteiger partial charge in [0.1, 0.15) is 10.6 Å². The van der Waals surface area contributed by atoms with Crippen molar-refractivity contribution in [2.75, 3.05) is 5.32 Å². The lowest BCUT2D eigenvalue weighted by molar-refractivity contribution is 0.0697. The highest BCUT2D eigenvalue weighted by Crippen LogP contribution is 2.26. The number of rotatable bonds is 3. The van der Waals surface area contributed by atoms with Crippen molar-refractivity contribution in [1.29, 1.82) is 0 Å². The molecule has 0 aliphatic heterocycles. The fourth-order valence-electron chi connectivity index (χ4n) is 1.52. The number of carbonyl (C=O) groups is 2. The third-order valence-corrected chi connectivity index (χ3v) is 4.91. The van der Waals surface area contributed by atoms with Gasteiger partial charge in [-0.05, 0) is 59.2 Å². The Morgan fingerprint density at radius 2 is 2.15 bits per heavy atom. The summed E-state index contributed by atoms with van der Waals surface area (Å²) in [6, 6.07) is 4.87. The van der Waals surface area contributed by atoms with E-state index in [0.717, 1.165) is 15.1 Å². The molecule has 0 saturated carbocycles. The van der Waals surface area contributed by atoms with Crippen LogP contribution in [-0.4, -0.2) is 21.4 Å². The minimum absolute atomic E-state index is 0.0139. The van der Waals surface area contributed by atoms with E-state index in [1.807, 2.05) is 0 Å². The number of aryl methyl sites for hydroxylation is 1. The highest BCUT2D eigenvalue weighted by atomic mass is 127. The van der Waals surface area contributed by atoms with Crippen molar-refractivity contribution in [2.24, 2.45) is 0 Å². The van der Waals surface area contributed by atoms with E-state index in [0.29, 0.717) is 16.3 Å². The molecule has 0 unspecified atom stereocenters. The number of nitrogens with zero attached hydrogens (tertiary/aromatic N) is 1. The molecule has 2 aromatic rings. The number of nitrogens with one attached hydrogen (secondary N) is 1. The van der Waals surface area contributed by atoms with E-state index in [1.165, 1.54) is 6.07 Å². The highest BCUT2D eigenvalue weighted by molar-refractivity contribution is 14.1. The molecule has 5 nitrogen and oxygen atoms in total. The Kier molecular flexibility index (Phi) is 4.61. The fraction of sp³-hybridized carbons (Fsp3) is 0.0833. The molecule has 104 valence electrons. The quantitative estimate of drug-likeness (QED) is 0.740. The van der Waals surface area contributed by atoms with Crippen LogP contribution in [0.25, 0.3) is 0 Å². The smallest absolute Gasteiger partial charge is 0.340 e. The van der Waals surface area contributed by atoms with Crippen molar-refractivity contribution < 1.29 is 14.7 Å². The first-order valence-electron chi connectivity index (χ1n) is 5.36. The fourth-order valence-corrected chi connectivity index (χ4v) is 2.82. The van der Waals surface area contributed by atoms with Crippen LogP contribution in [0.3, 0.4) is 0 Å². The average molecular weight is 423 g/mol. The average Bonchev–Trinajstić information content (AvgIpc) is 2.73. The number of aromatic carboxylic acids is 1. The highest BCUT2D eigenvalue weighted by Gasteiger charge is 2.20. The number of carboxylic acid groups (broad SMARTS) is 1. The Morgan fingerprint density at radius 3 is 2.75 bits per heavy atom. The molecule has 1 amide bonds. The third-order valence-electron chi connectivity index (χ3n) is 2.49. The summed E-state index contributed by atoms with van der Waals surface area (Å²) >= 11 is 8.95. The van der Waals surface area contributed by atoms with Gasteiger partial charge in [0, 0.05) is 9.13 Å². The maximum atomic E-state index is 12.1. The largest absolute Gasteiger partial charge is 0.478 e. The van der Waals surface area contributed by atoms with Gasteiger partial charge in [0.2, 0.25) is 0 Å². The number of amides is 1. The molecule has 2 N–H and O–H groups in total. The Balaban J connectivity index is 2.28. The SMILES string of the molecule is Cc1nsc(NC(=O)c2ccc(I)c(Cl)c2)c1C(=O)O. The van der Waals surface area contributed by atoms with Crippen molar-refractivity contribution in [3.8, 4) is 0 Å². The van der Waals surface area contributed by atoms with Crippen LogP contribution in [0.15, 0.2) is 18.2 Å². The molecule has 0 aliphatic carbocycles. The van der Waals surface area contributed by atoms with Crippen LogP contribution < -0.4 is 5.32 Å². The van der Waals surface area contributed by atoms with Crippen molar-refractivity contribution in [3.63, 3.8) is 0 Å². The van der Waals surface area contributed by atoms with Gasteiger partial charge in [0.25, 0.3) is 5.91 Å². The van der Waals surface area contributed by atoms with Crippen LogP contribution in [0.1, 0.15) is 26.4 Å². The third kappa shape index (κ3) is 3.10. The summed E-state index contributed by atoms with van der Waals surface area (Å²) in [5.74, 6) is -1.54. The Bertz CT molecular complexity index is 702. The Labute approximate surface area is 137 Å². The number of halogens is 2. The molecule has 0 radical (unpaired) electrons. The second-order valence-corrected chi connectivity index (χ2v) is 6.20. The van der Waals surface area contributed by atoms with Gasteiger partial charge >= 0.3 is 5.97 Å². The van der Waals surface area contributed by atoms with E-state index >= 15 is 0 Å². The van der Waals surface area contributed by atoms with Gasteiger partial charge in [-0.1, -0.05) is 11.6 Å². The Hall–Kier alpha value is -1.19. The van der Waals surface area contributed by atoms with Gasteiger partial charge in [-0.3, -0.25) is 4.79 Å². The second kappa shape index (κ2) is 6.06. The van der Waals surface area contributed by atoms with Crippen LogP contribution >= 0.6 is 45.7 Å². The van der Waals surface area contributed by atoms with Crippen LogP contribution in [0.2, 0.25) is 5.02 Å². The summed E-state index contributed by atoms with van der Waals surface area (Å²) < 4.78 is 4.77. The molecular formula is C12H8ClIN2O3S. The molecule has 1 heterocycles. The van der Waals surface area contributed by atoms with E-state index in [4.69, 9.17) is 16.7 Å². The predicted molar refractivity (Wildman–Crippen MR) is 85.9 cm³/mol. The molecule has 1 aromatic carbocycles. The topological polar surface area (TPSA) is 79.3 Å². The van der Waals surface area contributed by atoms with Crippen LogP contribution in [0, 0.1) is 10.5 Å². The lowest BCUT2D eigenvalue weighted by Gasteiger charge is -2.05. The number of aromatic nitrogens is 1. The molecule has 0 spiro atoms. The van der Waals surface area contributed by atoms with Gasteiger partial charge < -0.3 is 10.4 Å². The molecular weight excluding hydrogens is 415 g/mol. The van der Waals surface area contributed by atoms with Gasteiger partial charge in [0.15, 0.2) is 0 Å². The van der Waals surface area contributed by atoms with Crippen LogP contribution in [0.5, 0.6) is 0 Å². The molecule has 0 fully saturated rings. The van der Waals surface area contributed by atoms with Crippen molar-refractivity contribution in [1.82, 2.24) is 4.37 Å². The maximum absolute atomic E-state index is 12.1. The molecule has 0 saturated heterocycles. The maximum Gasteiger partial charge on any atom is 0.340 e. The normalized spacial score (nSPS) is 10.3. The van der Waals surface area contributed by atoms with E-state index in [-0.39, 0.29) is 10.6 Å². The Morgan fingerprint density at radius 1 is 1.45 bits per heavy atom. The van der Waals surface area contributed by atoms with E-state index in [9.17, 15) is 9.59 Å². The summed E-state index contributed by atoms with van der Waals surface area (Å²) in [7, 11) is 0. The van der Waals surface area contributed by atoms with Crippen LogP contribution in [0.4, 0.5) is 5.00 Å². The number of anilines is 1. The zero-order valence-corrected chi connectivity index (χ0v) is 13.8. The summed E-state index contributed by atoms with van der Waals surface area (Å²) in [4.78, 5) is 23.2. The van der Waals surface area contributed by atoms with Gasteiger partial charge in [-0.25, -0.2) is 4.79 Å². The number of carbonyl (C=O) groups excluding carboxylic acids is 1. The number of benzene rings is 1. The summed E-state index contributed by atoms with van der Waals surface area (Å²) in [5, 5.41) is 12.3. The predicted octanol–water partition coefficient (Wildman–Crippen LogP) is 3.66. The standard InChI is InChI=1S/C12H8ClIN2O3S/c1-5-9(12(18)19)11(20-16-5)15-10(17)6-2-3-8(14)7(13)4-6/h2-4H,1H3,(H,15,17)(H,18,19). The minimum atomic E-state index is -1.12. The molecule has 2 rings (SSSR count). The van der Waals surface area contributed by atoms with Crippen LogP contribution in [-0.2, 0) is 0 Å². The van der Waals surface area contributed by atoms with Gasteiger partial charge in [-0.2, -0.15) is 4.37 Å². The van der Waals surface area contributed by atoms with Crippen molar-refractivity contribution in [2.45, 2.75) is 6.92 Å². The van der Waals surface area contributed by atoms with E-state index < -0.39 is 11.9 Å². The van der Waals surface area contributed by atoms with E-state index in [2.05, 4.69) is 32.3 Å². The number of carboxylic acids is 1. The number of hydrogen-bond acceptors (Lipinski definition) is 4. The summed E-state index contributed by atoms with van der Waals surface area (Å²) in [6.45, 7) is 1.58. The van der Waals surface area contributed by atoms with E-state index in [1.54, 1.807) is 19.1 Å². The molecule has 20 heavy (non-hydrogen) atoms. The van der Waals surface area contributed by atoms with Gasteiger partial charge in [0.05, 0.1) is 10.7 Å². The molecule has 1 aromatic heterocycles. The van der Waals surface area contributed by atoms with Crippen molar-refractivity contribution in [3.05, 3.63) is 43.6 Å². The second-order valence-electron chi connectivity index (χ2n) is 3.86. The lowest BCUT2D eigenvalue weighted by Crippen LogP contribution is -2.13. The van der Waals surface area contributed by atoms with Gasteiger partial charge in [-0.15, -0.1) is 0 Å².